The average molecular weight is 464 g/mol. The van der Waals surface area contributed by atoms with Crippen molar-refractivity contribution < 1.29 is 13.9 Å². The van der Waals surface area contributed by atoms with Gasteiger partial charge in [0, 0.05) is 18.7 Å². The van der Waals surface area contributed by atoms with Gasteiger partial charge in [-0.15, -0.1) is 0 Å². The highest BCUT2D eigenvalue weighted by atomic mass is 32.1. The van der Waals surface area contributed by atoms with Gasteiger partial charge in [0.2, 0.25) is 0 Å². The van der Waals surface area contributed by atoms with Crippen LogP contribution in [0.5, 0.6) is 11.5 Å². The van der Waals surface area contributed by atoms with E-state index < -0.39 is 0 Å². The number of thiazole rings is 1. The van der Waals surface area contributed by atoms with Crippen LogP contribution in [0.4, 0.5) is 9.52 Å². The second-order valence-corrected chi connectivity index (χ2v) is 8.52. The summed E-state index contributed by atoms with van der Waals surface area (Å²) in [5.74, 6) is 0.692. The van der Waals surface area contributed by atoms with E-state index in [9.17, 15) is 9.18 Å². The molecule has 1 heterocycles. The zero-order chi connectivity index (χ0) is 23.2. The Hall–Kier alpha value is -3.29. The van der Waals surface area contributed by atoms with E-state index in [0.717, 1.165) is 13.1 Å². The van der Waals surface area contributed by atoms with Gasteiger partial charge in [-0.1, -0.05) is 55.5 Å². The summed E-state index contributed by atoms with van der Waals surface area (Å²) < 4.78 is 20.9. The van der Waals surface area contributed by atoms with Crippen molar-refractivity contribution in [3.63, 3.8) is 0 Å². The second kappa shape index (κ2) is 10.6. The maximum absolute atomic E-state index is 14.3. The van der Waals surface area contributed by atoms with E-state index in [0.29, 0.717) is 45.5 Å². The summed E-state index contributed by atoms with van der Waals surface area (Å²) in [7, 11) is 0. The van der Waals surface area contributed by atoms with Crippen LogP contribution in [-0.2, 0) is 0 Å². The van der Waals surface area contributed by atoms with Crippen LogP contribution in [0.25, 0.3) is 10.2 Å². The number of benzene rings is 3. The third kappa shape index (κ3) is 5.38. The number of nitrogens with zero attached hydrogens (tertiary/aromatic N) is 3. The molecule has 0 unspecified atom stereocenters. The normalized spacial score (nSPS) is 11.2. The summed E-state index contributed by atoms with van der Waals surface area (Å²) in [6, 6.07) is 21.4. The number of carbonyl (C=O) groups is 1. The summed E-state index contributed by atoms with van der Waals surface area (Å²) >= 11 is 1.32. The minimum absolute atomic E-state index is 0.194. The molecule has 0 spiro atoms. The first-order valence-electron chi connectivity index (χ1n) is 11.0. The molecule has 0 aliphatic carbocycles. The van der Waals surface area contributed by atoms with E-state index in [-0.39, 0.29) is 11.7 Å². The van der Waals surface area contributed by atoms with Gasteiger partial charge in [0.1, 0.15) is 22.8 Å². The van der Waals surface area contributed by atoms with Gasteiger partial charge < -0.3 is 9.64 Å². The van der Waals surface area contributed by atoms with Crippen molar-refractivity contribution in [2.45, 2.75) is 13.8 Å². The van der Waals surface area contributed by atoms with Crippen LogP contribution >= 0.6 is 11.3 Å². The number of fused-ring (bicyclic) bond motifs is 1. The molecule has 3 aromatic carbocycles. The third-order valence-corrected chi connectivity index (χ3v) is 6.47. The molecule has 1 aromatic heterocycles. The maximum atomic E-state index is 14.3. The molecule has 0 fully saturated rings. The Labute approximate surface area is 197 Å². The van der Waals surface area contributed by atoms with Gasteiger partial charge in [-0.05, 0) is 55.6 Å². The smallest absolute Gasteiger partial charge is 0.260 e. The molecule has 0 saturated carbocycles. The molecule has 7 heteroatoms. The molecule has 170 valence electrons. The van der Waals surface area contributed by atoms with Crippen LogP contribution in [0.15, 0.2) is 72.8 Å². The lowest BCUT2D eigenvalue weighted by Crippen LogP contribution is -2.38. The lowest BCUT2D eigenvalue weighted by atomic mass is 10.2. The Balaban J connectivity index is 1.65. The molecule has 33 heavy (non-hydrogen) atoms. The number of rotatable bonds is 9. The number of likely N-dealkylation sites (N-methyl/N-ethyl adjacent to an activating group) is 1. The number of amides is 1. The van der Waals surface area contributed by atoms with Crippen LogP contribution < -0.4 is 9.64 Å². The molecular weight excluding hydrogens is 437 g/mol. The molecule has 0 atom stereocenters. The van der Waals surface area contributed by atoms with Crippen LogP contribution in [-0.4, -0.2) is 42.0 Å². The monoisotopic (exact) mass is 463 g/mol. The number of hydrogen-bond donors (Lipinski definition) is 0. The Morgan fingerprint density at radius 1 is 0.939 bits per heavy atom. The van der Waals surface area contributed by atoms with Crippen LogP contribution in [0, 0.1) is 5.82 Å². The van der Waals surface area contributed by atoms with Crippen molar-refractivity contribution in [3.05, 3.63) is 84.2 Å². The fourth-order valence-corrected chi connectivity index (χ4v) is 4.56. The first-order chi connectivity index (χ1) is 16.1. The van der Waals surface area contributed by atoms with E-state index in [1.54, 1.807) is 29.2 Å². The summed E-state index contributed by atoms with van der Waals surface area (Å²) in [5, 5.41) is 0.488. The zero-order valence-electron chi connectivity index (χ0n) is 18.7. The number of ether oxygens (including phenoxy) is 1. The number of carbonyl (C=O) groups excluding carboxylic acids is 1. The minimum Gasteiger partial charge on any atom is -0.457 e. The van der Waals surface area contributed by atoms with E-state index in [1.807, 2.05) is 42.5 Å². The average Bonchev–Trinajstić information content (AvgIpc) is 3.28. The second-order valence-electron chi connectivity index (χ2n) is 7.51. The summed E-state index contributed by atoms with van der Waals surface area (Å²) in [5.41, 5.74) is 0.780. The van der Waals surface area contributed by atoms with Crippen LogP contribution in [0.2, 0.25) is 0 Å². The highest BCUT2D eigenvalue weighted by Crippen LogP contribution is 2.31. The summed E-state index contributed by atoms with van der Waals surface area (Å²) in [6.07, 6.45) is 0. The van der Waals surface area contributed by atoms with Crippen molar-refractivity contribution in [2.24, 2.45) is 0 Å². The summed E-state index contributed by atoms with van der Waals surface area (Å²) in [4.78, 5) is 22.0. The van der Waals surface area contributed by atoms with Crippen molar-refractivity contribution in [1.29, 1.82) is 0 Å². The first kappa shape index (κ1) is 22.9. The van der Waals surface area contributed by atoms with Crippen LogP contribution in [0.3, 0.4) is 0 Å². The number of hydrogen-bond acceptors (Lipinski definition) is 5. The van der Waals surface area contributed by atoms with Gasteiger partial charge in [0.25, 0.3) is 5.91 Å². The highest BCUT2D eigenvalue weighted by Gasteiger charge is 2.23. The Kier molecular flexibility index (Phi) is 7.32. The van der Waals surface area contributed by atoms with E-state index in [2.05, 4.69) is 23.7 Å². The minimum atomic E-state index is -0.385. The van der Waals surface area contributed by atoms with Gasteiger partial charge in [0.05, 0.1) is 4.70 Å². The highest BCUT2D eigenvalue weighted by molar-refractivity contribution is 7.22. The van der Waals surface area contributed by atoms with Gasteiger partial charge in [-0.25, -0.2) is 9.37 Å². The zero-order valence-corrected chi connectivity index (χ0v) is 19.5. The van der Waals surface area contributed by atoms with Gasteiger partial charge in [-0.3, -0.25) is 9.69 Å². The SMILES string of the molecule is CCN(CC)CCN(C(=O)c1cccc(Oc2ccccc2)c1)c1nc2c(F)cccc2s1. The predicted molar refractivity (Wildman–Crippen MR) is 132 cm³/mol. The molecular formula is C26H26FN3O2S. The fourth-order valence-electron chi connectivity index (χ4n) is 3.56. The van der Waals surface area contributed by atoms with Gasteiger partial charge >= 0.3 is 0 Å². The fraction of sp³-hybridized carbons (Fsp3) is 0.231. The molecule has 0 aliphatic heterocycles. The van der Waals surface area contributed by atoms with Crippen molar-refractivity contribution in [1.82, 2.24) is 9.88 Å². The Bertz CT molecular complexity index is 1220. The van der Waals surface area contributed by atoms with E-state index in [4.69, 9.17) is 4.74 Å². The van der Waals surface area contributed by atoms with Crippen molar-refractivity contribution >= 4 is 32.6 Å². The van der Waals surface area contributed by atoms with Crippen LogP contribution in [0.1, 0.15) is 24.2 Å². The molecule has 0 bridgehead atoms. The quantitative estimate of drug-likeness (QED) is 0.296. The molecule has 4 aromatic rings. The number of halogens is 1. The Morgan fingerprint density at radius 2 is 1.67 bits per heavy atom. The van der Waals surface area contributed by atoms with E-state index in [1.165, 1.54) is 17.4 Å². The number of anilines is 1. The molecule has 0 N–H and O–H groups in total. The summed E-state index contributed by atoms with van der Waals surface area (Å²) in [6.45, 7) is 7.09. The van der Waals surface area contributed by atoms with Gasteiger partial charge in [0.15, 0.2) is 5.13 Å². The molecule has 1 amide bonds. The maximum Gasteiger partial charge on any atom is 0.260 e. The molecule has 0 aliphatic rings. The van der Waals surface area contributed by atoms with Gasteiger partial charge in [-0.2, -0.15) is 0 Å². The topological polar surface area (TPSA) is 45.7 Å². The molecule has 4 rings (SSSR count). The van der Waals surface area contributed by atoms with E-state index >= 15 is 0 Å². The molecule has 5 nitrogen and oxygen atoms in total. The van der Waals surface area contributed by atoms with Crippen molar-refractivity contribution in [3.8, 4) is 11.5 Å². The van der Waals surface area contributed by atoms with Crippen molar-refractivity contribution in [2.75, 3.05) is 31.1 Å². The first-order valence-corrected chi connectivity index (χ1v) is 11.8. The lowest BCUT2D eigenvalue weighted by Gasteiger charge is -2.25. The predicted octanol–water partition coefficient (Wildman–Crippen LogP) is 6.22. The molecule has 0 saturated heterocycles. The number of aromatic nitrogens is 1. The number of para-hydroxylation sites is 2. The standard InChI is InChI=1S/C26H26FN3O2S/c1-3-29(4-2)16-17-30(26-28-24-22(27)14-9-15-23(24)33-26)25(31)19-10-8-13-21(18-19)32-20-11-6-5-7-12-20/h5-15,18H,3-4,16-17H2,1-2H3. The Morgan fingerprint density at radius 3 is 2.39 bits per heavy atom. The lowest BCUT2D eigenvalue weighted by molar-refractivity contribution is 0.0983. The molecule has 0 radical (unpaired) electrons. The third-order valence-electron chi connectivity index (χ3n) is 5.43. The largest absolute Gasteiger partial charge is 0.457 e.